The van der Waals surface area contributed by atoms with Crippen molar-refractivity contribution in [1.82, 2.24) is 0 Å². The van der Waals surface area contributed by atoms with E-state index in [0.717, 1.165) is 16.7 Å². The van der Waals surface area contributed by atoms with E-state index < -0.39 is 5.63 Å². The topological polar surface area (TPSA) is 59.7 Å². The second kappa shape index (κ2) is 7.10. The summed E-state index contributed by atoms with van der Waals surface area (Å²) in [6, 6.07) is 1.34. The molecule has 1 heterocycles. The van der Waals surface area contributed by atoms with Crippen molar-refractivity contribution in [3.63, 3.8) is 0 Å². The molecule has 1 N–H and O–H groups in total. The van der Waals surface area contributed by atoms with E-state index in [4.69, 9.17) is 14.3 Å². The van der Waals surface area contributed by atoms with E-state index in [1.54, 1.807) is 0 Å². The molecule has 0 aliphatic heterocycles. The zero-order valence-electron chi connectivity index (χ0n) is 12.7. The molecular formula is C16H22O4. The summed E-state index contributed by atoms with van der Waals surface area (Å²) in [5.41, 5.74) is 2.22. The van der Waals surface area contributed by atoms with Crippen LogP contribution >= 0.6 is 0 Å². The molecule has 0 spiro atoms. The third kappa shape index (κ3) is 4.10. The van der Waals surface area contributed by atoms with Gasteiger partial charge in [-0.2, -0.15) is 0 Å². The molecule has 0 aliphatic rings. The maximum Gasteiger partial charge on any atom is 0.339 e. The van der Waals surface area contributed by atoms with Crippen molar-refractivity contribution in [2.24, 2.45) is 5.92 Å². The predicted molar refractivity (Wildman–Crippen MR) is 79.9 cm³/mol. The number of rotatable bonds is 5. The number of ether oxygens (including phenoxy) is 1. The van der Waals surface area contributed by atoms with Crippen LogP contribution in [-0.4, -0.2) is 18.8 Å². The van der Waals surface area contributed by atoms with Gasteiger partial charge in [-0.05, 0) is 32.3 Å². The van der Waals surface area contributed by atoms with Crippen molar-refractivity contribution < 1.29 is 14.3 Å². The summed E-state index contributed by atoms with van der Waals surface area (Å²) >= 11 is 0. The minimum absolute atomic E-state index is 0.0949. The van der Waals surface area contributed by atoms with Crippen molar-refractivity contribution in [3.8, 4) is 5.75 Å². The van der Waals surface area contributed by atoms with Crippen LogP contribution in [0.25, 0.3) is 5.57 Å². The second-order valence-corrected chi connectivity index (χ2v) is 4.99. The molecule has 1 aromatic rings. The molecule has 0 saturated heterocycles. The van der Waals surface area contributed by atoms with Gasteiger partial charge < -0.3 is 14.3 Å². The Bertz CT molecular complexity index is 579. The molecule has 4 nitrogen and oxygen atoms in total. The standard InChI is InChI=1S/C16H22O4/c1-10(6-11(2)9-17)7-12(3)16-13(4)14(19-5)8-15(18)20-16/h6-8,11,17H,9H2,1-5H3/t11-/m0/s1. The fourth-order valence-electron chi connectivity index (χ4n) is 2.08. The summed E-state index contributed by atoms with van der Waals surface area (Å²) in [7, 11) is 1.53. The van der Waals surface area contributed by atoms with Gasteiger partial charge in [0.05, 0.1) is 13.2 Å². The van der Waals surface area contributed by atoms with Gasteiger partial charge in [-0.3, -0.25) is 0 Å². The van der Waals surface area contributed by atoms with Crippen LogP contribution in [0.15, 0.2) is 33.0 Å². The van der Waals surface area contributed by atoms with E-state index in [1.165, 1.54) is 13.2 Å². The monoisotopic (exact) mass is 278 g/mol. The SMILES string of the molecule is COc1cc(=O)oc(C(C)=CC(C)=C[C@H](C)CO)c1C. The first-order valence-electron chi connectivity index (χ1n) is 6.55. The van der Waals surface area contributed by atoms with E-state index >= 15 is 0 Å². The van der Waals surface area contributed by atoms with Crippen LogP contribution in [-0.2, 0) is 0 Å². The van der Waals surface area contributed by atoms with E-state index in [0.29, 0.717) is 11.5 Å². The molecule has 0 radical (unpaired) electrons. The molecule has 1 aromatic heterocycles. The smallest absolute Gasteiger partial charge is 0.339 e. The third-order valence-corrected chi connectivity index (χ3v) is 3.02. The molecule has 0 saturated carbocycles. The Morgan fingerprint density at radius 3 is 2.70 bits per heavy atom. The molecule has 1 atom stereocenters. The van der Waals surface area contributed by atoms with Gasteiger partial charge in [0.1, 0.15) is 11.5 Å². The van der Waals surface area contributed by atoms with E-state index in [9.17, 15) is 4.79 Å². The Hall–Kier alpha value is -1.81. The van der Waals surface area contributed by atoms with Gasteiger partial charge in [0, 0.05) is 12.2 Å². The number of aliphatic hydroxyl groups is 1. The summed E-state index contributed by atoms with van der Waals surface area (Å²) in [5.74, 6) is 1.14. The molecule has 1 rings (SSSR count). The van der Waals surface area contributed by atoms with Crippen LogP contribution in [0.2, 0.25) is 0 Å². The van der Waals surface area contributed by atoms with Crippen molar-refractivity contribution in [1.29, 1.82) is 0 Å². The highest BCUT2D eigenvalue weighted by Crippen LogP contribution is 2.25. The van der Waals surface area contributed by atoms with Crippen LogP contribution in [0, 0.1) is 12.8 Å². The average molecular weight is 278 g/mol. The highest BCUT2D eigenvalue weighted by molar-refractivity contribution is 5.66. The Morgan fingerprint density at radius 1 is 1.50 bits per heavy atom. The highest BCUT2D eigenvalue weighted by Gasteiger charge is 2.11. The number of hydrogen-bond acceptors (Lipinski definition) is 4. The first kappa shape index (κ1) is 16.2. The minimum Gasteiger partial charge on any atom is -0.496 e. The van der Waals surface area contributed by atoms with Crippen molar-refractivity contribution in [2.75, 3.05) is 13.7 Å². The Labute approximate surface area is 119 Å². The minimum atomic E-state index is -0.430. The van der Waals surface area contributed by atoms with Gasteiger partial charge in [-0.15, -0.1) is 0 Å². The molecule has 20 heavy (non-hydrogen) atoms. The zero-order chi connectivity index (χ0) is 15.3. The van der Waals surface area contributed by atoms with E-state index in [1.807, 2.05) is 39.8 Å². The van der Waals surface area contributed by atoms with Gasteiger partial charge in [-0.1, -0.05) is 24.6 Å². The summed E-state index contributed by atoms with van der Waals surface area (Å²) < 4.78 is 10.4. The Balaban J connectivity index is 3.21. The summed E-state index contributed by atoms with van der Waals surface area (Å²) in [5, 5.41) is 9.04. The molecular weight excluding hydrogens is 256 g/mol. The Kier molecular flexibility index (Phi) is 5.77. The highest BCUT2D eigenvalue weighted by atomic mass is 16.5. The largest absolute Gasteiger partial charge is 0.496 e. The fourth-order valence-corrected chi connectivity index (χ4v) is 2.08. The summed E-state index contributed by atoms with van der Waals surface area (Å²) in [4.78, 5) is 11.5. The van der Waals surface area contributed by atoms with Crippen molar-refractivity contribution >= 4 is 5.57 Å². The lowest BCUT2D eigenvalue weighted by Gasteiger charge is -2.09. The first-order valence-corrected chi connectivity index (χ1v) is 6.55. The molecule has 0 bridgehead atoms. The molecule has 0 aliphatic carbocycles. The Morgan fingerprint density at radius 2 is 2.15 bits per heavy atom. The van der Waals surface area contributed by atoms with Gasteiger partial charge in [0.2, 0.25) is 0 Å². The van der Waals surface area contributed by atoms with Gasteiger partial charge in [0.15, 0.2) is 0 Å². The predicted octanol–water partition coefficient (Wildman–Crippen LogP) is 2.93. The lowest BCUT2D eigenvalue weighted by atomic mass is 10.0. The van der Waals surface area contributed by atoms with Gasteiger partial charge in [-0.25, -0.2) is 4.79 Å². The maximum atomic E-state index is 11.5. The van der Waals surface area contributed by atoms with Crippen LogP contribution in [0.5, 0.6) is 5.75 Å². The van der Waals surface area contributed by atoms with Crippen molar-refractivity contribution in [3.05, 3.63) is 45.5 Å². The lowest BCUT2D eigenvalue weighted by Crippen LogP contribution is -2.04. The van der Waals surface area contributed by atoms with E-state index in [2.05, 4.69) is 0 Å². The van der Waals surface area contributed by atoms with Crippen molar-refractivity contribution in [2.45, 2.75) is 27.7 Å². The molecule has 0 aromatic carbocycles. The molecule has 0 unspecified atom stereocenters. The second-order valence-electron chi connectivity index (χ2n) is 4.99. The zero-order valence-corrected chi connectivity index (χ0v) is 12.7. The van der Waals surface area contributed by atoms with Crippen LogP contribution in [0.1, 0.15) is 32.1 Å². The summed E-state index contributed by atoms with van der Waals surface area (Å²) in [6.07, 6.45) is 3.90. The van der Waals surface area contributed by atoms with Crippen LogP contribution < -0.4 is 10.4 Å². The fraction of sp³-hybridized carbons (Fsp3) is 0.438. The summed E-state index contributed by atoms with van der Waals surface area (Å²) in [6.45, 7) is 7.72. The quantitative estimate of drug-likeness (QED) is 0.841. The number of aliphatic hydroxyl groups excluding tert-OH is 1. The molecule has 4 heteroatoms. The molecule has 110 valence electrons. The van der Waals surface area contributed by atoms with Crippen LogP contribution in [0.3, 0.4) is 0 Å². The van der Waals surface area contributed by atoms with E-state index in [-0.39, 0.29) is 12.5 Å². The third-order valence-electron chi connectivity index (χ3n) is 3.02. The lowest BCUT2D eigenvalue weighted by molar-refractivity contribution is 0.261. The molecule has 0 amide bonds. The van der Waals surface area contributed by atoms with Gasteiger partial charge >= 0.3 is 5.63 Å². The average Bonchev–Trinajstić information content (AvgIpc) is 2.40. The number of hydrogen-bond donors (Lipinski definition) is 1. The number of allylic oxidation sites excluding steroid dienone is 3. The maximum absolute atomic E-state index is 11.5. The normalized spacial score (nSPS) is 14.3. The molecule has 0 fully saturated rings. The first-order chi connectivity index (χ1) is 9.38. The van der Waals surface area contributed by atoms with Crippen LogP contribution in [0.4, 0.5) is 0 Å². The van der Waals surface area contributed by atoms with Gasteiger partial charge in [0.25, 0.3) is 0 Å². The number of methoxy groups -OCH3 is 1.